The molecule has 1 rings (SSSR count). The number of nitrogens with two attached hydrogens (primary N) is 1. The van der Waals surface area contributed by atoms with Crippen LogP contribution < -0.4 is 5.73 Å². The van der Waals surface area contributed by atoms with Crippen molar-refractivity contribution < 1.29 is 0 Å². The molecule has 0 spiro atoms. The van der Waals surface area contributed by atoms with Gasteiger partial charge in [0.25, 0.3) is 0 Å². The molecule has 1 aliphatic carbocycles. The zero-order chi connectivity index (χ0) is 8.97. The summed E-state index contributed by atoms with van der Waals surface area (Å²) in [6.45, 7) is 4.62. The highest BCUT2D eigenvalue weighted by atomic mass is 14.5. The smallest absolute Gasteiger partial charge is 0.0100 e. The van der Waals surface area contributed by atoms with Gasteiger partial charge in [0, 0.05) is 0 Å². The zero-order valence-electron chi connectivity index (χ0n) is 8.29. The molecule has 1 aliphatic rings. The Kier molecular flexibility index (Phi) is 3.64. The van der Waals surface area contributed by atoms with Crippen molar-refractivity contribution in [2.24, 2.45) is 23.5 Å². The molecule has 0 radical (unpaired) electrons. The first kappa shape index (κ1) is 9.63. The van der Waals surface area contributed by atoms with Crippen LogP contribution in [0.15, 0.2) is 12.3 Å². The monoisotopic (exact) mass is 167 g/mol. The van der Waals surface area contributed by atoms with Crippen molar-refractivity contribution in [2.45, 2.75) is 39.5 Å². The van der Waals surface area contributed by atoms with Crippen LogP contribution in [0.2, 0.25) is 0 Å². The van der Waals surface area contributed by atoms with Crippen LogP contribution in [0, 0.1) is 17.8 Å². The Labute approximate surface area is 76.0 Å². The lowest BCUT2D eigenvalue weighted by molar-refractivity contribution is 0.430. The van der Waals surface area contributed by atoms with E-state index in [1.165, 1.54) is 25.7 Å². The molecule has 3 atom stereocenters. The maximum atomic E-state index is 5.35. The van der Waals surface area contributed by atoms with E-state index in [1.807, 2.05) is 0 Å². The zero-order valence-corrected chi connectivity index (χ0v) is 8.29. The number of hydrogen-bond donors (Lipinski definition) is 1. The van der Waals surface area contributed by atoms with E-state index in [0.29, 0.717) is 5.92 Å². The van der Waals surface area contributed by atoms with E-state index in [1.54, 1.807) is 6.20 Å². The molecule has 0 aromatic carbocycles. The van der Waals surface area contributed by atoms with Gasteiger partial charge in [0.05, 0.1) is 0 Å². The standard InChI is InChI=1S/C11H21N/c1-9-3-4-11(7-9)8-10(2)5-6-12/h5-6,9-11H,3-4,7-8,12H2,1-2H3/b6-5+. The molecule has 0 aliphatic heterocycles. The second-order valence-corrected chi connectivity index (χ2v) is 4.38. The third-order valence-electron chi connectivity index (χ3n) is 2.95. The molecule has 1 fully saturated rings. The summed E-state index contributed by atoms with van der Waals surface area (Å²) >= 11 is 0. The molecule has 0 aromatic heterocycles. The van der Waals surface area contributed by atoms with Crippen molar-refractivity contribution in [3.8, 4) is 0 Å². The summed E-state index contributed by atoms with van der Waals surface area (Å²) in [7, 11) is 0. The first-order valence-electron chi connectivity index (χ1n) is 5.10. The van der Waals surface area contributed by atoms with E-state index >= 15 is 0 Å². The molecule has 1 nitrogen and oxygen atoms in total. The average molecular weight is 167 g/mol. The lowest BCUT2D eigenvalue weighted by Crippen LogP contribution is -2.01. The van der Waals surface area contributed by atoms with Gasteiger partial charge in [0.2, 0.25) is 0 Å². The highest BCUT2D eigenvalue weighted by Crippen LogP contribution is 2.34. The van der Waals surface area contributed by atoms with Crippen molar-refractivity contribution in [2.75, 3.05) is 0 Å². The first-order chi connectivity index (χ1) is 5.72. The molecule has 0 amide bonds. The third-order valence-corrected chi connectivity index (χ3v) is 2.95. The summed E-state index contributed by atoms with van der Waals surface area (Å²) in [4.78, 5) is 0. The van der Waals surface area contributed by atoms with Crippen LogP contribution in [0.5, 0.6) is 0 Å². The quantitative estimate of drug-likeness (QED) is 0.687. The van der Waals surface area contributed by atoms with Gasteiger partial charge in [-0.15, -0.1) is 0 Å². The summed E-state index contributed by atoms with van der Waals surface area (Å²) in [5.74, 6) is 2.60. The highest BCUT2D eigenvalue weighted by molar-refractivity contribution is 4.85. The van der Waals surface area contributed by atoms with Crippen LogP contribution in [-0.4, -0.2) is 0 Å². The normalized spacial score (nSPS) is 32.8. The van der Waals surface area contributed by atoms with Crippen molar-refractivity contribution >= 4 is 0 Å². The minimum absolute atomic E-state index is 0.672. The van der Waals surface area contributed by atoms with Crippen LogP contribution in [0.25, 0.3) is 0 Å². The maximum Gasteiger partial charge on any atom is -0.0100 e. The lowest BCUT2D eigenvalue weighted by Gasteiger charge is -2.12. The van der Waals surface area contributed by atoms with E-state index in [-0.39, 0.29) is 0 Å². The molecule has 0 heterocycles. The lowest BCUT2D eigenvalue weighted by atomic mass is 9.94. The molecular weight excluding hydrogens is 146 g/mol. The number of rotatable bonds is 3. The van der Waals surface area contributed by atoms with Gasteiger partial charge in [-0.25, -0.2) is 0 Å². The molecule has 70 valence electrons. The van der Waals surface area contributed by atoms with Crippen LogP contribution >= 0.6 is 0 Å². The summed E-state index contributed by atoms with van der Waals surface area (Å²) < 4.78 is 0. The van der Waals surface area contributed by atoms with E-state index in [0.717, 1.165) is 11.8 Å². The number of hydrogen-bond acceptors (Lipinski definition) is 1. The Bertz CT molecular complexity index is 151. The minimum atomic E-state index is 0.672. The van der Waals surface area contributed by atoms with Crippen LogP contribution in [0.3, 0.4) is 0 Å². The Balaban J connectivity index is 2.22. The molecule has 0 aromatic rings. The fourth-order valence-corrected chi connectivity index (χ4v) is 2.33. The Hall–Kier alpha value is -0.460. The van der Waals surface area contributed by atoms with Gasteiger partial charge < -0.3 is 5.73 Å². The van der Waals surface area contributed by atoms with E-state index in [4.69, 9.17) is 5.73 Å². The molecule has 0 bridgehead atoms. The van der Waals surface area contributed by atoms with Gasteiger partial charge >= 0.3 is 0 Å². The minimum Gasteiger partial charge on any atom is -0.405 e. The third kappa shape index (κ3) is 2.88. The Morgan fingerprint density at radius 2 is 2.25 bits per heavy atom. The molecular formula is C11H21N. The predicted molar refractivity (Wildman–Crippen MR) is 53.6 cm³/mol. The summed E-state index contributed by atoms with van der Waals surface area (Å²) in [5, 5.41) is 0. The largest absolute Gasteiger partial charge is 0.405 e. The van der Waals surface area contributed by atoms with Gasteiger partial charge in [-0.05, 0) is 36.8 Å². The van der Waals surface area contributed by atoms with Gasteiger partial charge in [0.1, 0.15) is 0 Å². The molecule has 0 saturated heterocycles. The molecule has 1 saturated carbocycles. The van der Waals surface area contributed by atoms with Crippen molar-refractivity contribution in [1.29, 1.82) is 0 Å². The van der Waals surface area contributed by atoms with E-state index < -0.39 is 0 Å². The van der Waals surface area contributed by atoms with Crippen molar-refractivity contribution in [3.63, 3.8) is 0 Å². The van der Waals surface area contributed by atoms with Gasteiger partial charge in [-0.3, -0.25) is 0 Å². The second-order valence-electron chi connectivity index (χ2n) is 4.38. The van der Waals surface area contributed by atoms with Crippen LogP contribution in [0.1, 0.15) is 39.5 Å². The average Bonchev–Trinajstić information content (AvgIpc) is 2.36. The molecule has 3 unspecified atom stereocenters. The molecule has 1 heteroatoms. The fourth-order valence-electron chi connectivity index (χ4n) is 2.33. The van der Waals surface area contributed by atoms with Gasteiger partial charge in [-0.1, -0.05) is 32.8 Å². The van der Waals surface area contributed by atoms with Crippen LogP contribution in [0.4, 0.5) is 0 Å². The number of allylic oxidation sites excluding steroid dienone is 1. The van der Waals surface area contributed by atoms with Gasteiger partial charge in [0.15, 0.2) is 0 Å². The predicted octanol–water partition coefficient (Wildman–Crippen LogP) is 2.92. The Morgan fingerprint density at radius 1 is 1.50 bits per heavy atom. The first-order valence-corrected chi connectivity index (χ1v) is 5.10. The molecule has 12 heavy (non-hydrogen) atoms. The summed E-state index contributed by atoms with van der Waals surface area (Å²) in [5.41, 5.74) is 5.35. The highest BCUT2D eigenvalue weighted by Gasteiger charge is 2.21. The van der Waals surface area contributed by atoms with E-state index in [9.17, 15) is 0 Å². The van der Waals surface area contributed by atoms with Crippen molar-refractivity contribution in [3.05, 3.63) is 12.3 Å². The summed E-state index contributed by atoms with van der Waals surface area (Å²) in [6.07, 6.45) is 9.43. The van der Waals surface area contributed by atoms with Crippen LogP contribution in [-0.2, 0) is 0 Å². The maximum absolute atomic E-state index is 5.35. The molecule has 2 N–H and O–H groups in total. The summed E-state index contributed by atoms with van der Waals surface area (Å²) in [6, 6.07) is 0. The Morgan fingerprint density at radius 3 is 2.75 bits per heavy atom. The fraction of sp³-hybridized carbons (Fsp3) is 0.818. The SMILES string of the molecule is CC(/C=C/N)CC1CCC(C)C1. The van der Waals surface area contributed by atoms with Crippen molar-refractivity contribution in [1.82, 2.24) is 0 Å². The van der Waals surface area contributed by atoms with E-state index in [2.05, 4.69) is 19.9 Å². The topological polar surface area (TPSA) is 26.0 Å². The second kappa shape index (κ2) is 4.54. The van der Waals surface area contributed by atoms with Gasteiger partial charge in [-0.2, -0.15) is 0 Å².